The summed E-state index contributed by atoms with van der Waals surface area (Å²) in [5, 5.41) is 13.7. The molecule has 2 N–H and O–H groups in total. The standard InChI is InChI=1S/C26H26N2O6/c1-3-15-33-20-12-10-19(11-13-20)26(31)34-23-14-9-18(16-24(23)32-4-2)17-27-28-25(30)21-7-5-6-8-22(21)29/h5-14,16-17,29H,3-4,15H2,1-2H3,(H,28,30)/b27-17+. The van der Waals surface area contributed by atoms with E-state index in [2.05, 4.69) is 10.5 Å². The summed E-state index contributed by atoms with van der Waals surface area (Å²) in [5.74, 6) is 0.0911. The van der Waals surface area contributed by atoms with Crippen molar-refractivity contribution >= 4 is 18.1 Å². The second-order valence-electron chi connectivity index (χ2n) is 7.12. The summed E-state index contributed by atoms with van der Waals surface area (Å²) < 4.78 is 16.7. The first kappa shape index (κ1) is 24.3. The minimum atomic E-state index is -0.545. The topological polar surface area (TPSA) is 106 Å². The van der Waals surface area contributed by atoms with Crippen molar-refractivity contribution in [3.63, 3.8) is 0 Å². The molecule has 8 heteroatoms. The Hall–Kier alpha value is -4.33. The minimum absolute atomic E-state index is 0.113. The molecule has 3 aromatic carbocycles. The number of esters is 1. The van der Waals surface area contributed by atoms with Crippen molar-refractivity contribution in [1.82, 2.24) is 5.43 Å². The van der Waals surface area contributed by atoms with Crippen LogP contribution in [0.3, 0.4) is 0 Å². The van der Waals surface area contributed by atoms with Crippen LogP contribution in [0, 0.1) is 0 Å². The highest BCUT2D eigenvalue weighted by atomic mass is 16.6. The van der Waals surface area contributed by atoms with Gasteiger partial charge in [0.2, 0.25) is 0 Å². The summed E-state index contributed by atoms with van der Waals surface area (Å²) in [6, 6.07) is 17.8. The van der Waals surface area contributed by atoms with Crippen LogP contribution in [0.25, 0.3) is 0 Å². The maximum Gasteiger partial charge on any atom is 0.343 e. The van der Waals surface area contributed by atoms with Crippen molar-refractivity contribution in [2.75, 3.05) is 13.2 Å². The average molecular weight is 463 g/mol. The Balaban J connectivity index is 1.67. The highest BCUT2D eigenvalue weighted by molar-refractivity contribution is 5.97. The number of para-hydroxylation sites is 1. The van der Waals surface area contributed by atoms with Crippen molar-refractivity contribution < 1.29 is 28.9 Å². The number of hydrazone groups is 1. The third-order valence-corrected chi connectivity index (χ3v) is 4.56. The largest absolute Gasteiger partial charge is 0.507 e. The van der Waals surface area contributed by atoms with Crippen LogP contribution >= 0.6 is 0 Å². The summed E-state index contributed by atoms with van der Waals surface area (Å²) >= 11 is 0. The van der Waals surface area contributed by atoms with E-state index >= 15 is 0 Å². The fourth-order valence-electron chi connectivity index (χ4n) is 2.91. The Labute approximate surface area is 197 Å². The Morgan fingerprint density at radius 3 is 2.44 bits per heavy atom. The molecular formula is C26H26N2O6. The summed E-state index contributed by atoms with van der Waals surface area (Å²) in [7, 11) is 0. The van der Waals surface area contributed by atoms with E-state index in [1.807, 2.05) is 13.8 Å². The number of phenols is 1. The average Bonchev–Trinajstić information content (AvgIpc) is 2.85. The SMILES string of the molecule is CCCOc1ccc(C(=O)Oc2ccc(/C=N/NC(=O)c3ccccc3O)cc2OCC)cc1. The van der Waals surface area contributed by atoms with Crippen LogP contribution < -0.4 is 19.6 Å². The lowest BCUT2D eigenvalue weighted by atomic mass is 10.2. The molecule has 3 rings (SSSR count). The first-order valence-corrected chi connectivity index (χ1v) is 10.8. The van der Waals surface area contributed by atoms with Crippen LogP contribution in [0.2, 0.25) is 0 Å². The minimum Gasteiger partial charge on any atom is -0.507 e. The Morgan fingerprint density at radius 1 is 0.971 bits per heavy atom. The maximum atomic E-state index is 12.6. The van der Waals surface area contributed by atoms with E-state index in [9.17, 15) is 14.7 Å². The molecule has 0 aliphatic carbocycles. The van der Waals surface area contributed by atoms with E-state index in [-0.39, 0.29) is 17.1 Å². The van der Waals surface area contributed by atoms with Crippen molar-refractivity contribution in [3.8, 4) is 23.0 Å². The third kappa shape index (κ3) is 6.59. The van der Waals surface area contributed by atoms with Crippen LogP contribution in [0.15, 0.2) is 71.8 Å². The number of aromatic hydroxyl groups is 1. The number of hydrogen-bond donors (Lipinski definition) is 2. The molecule has 3 aromatic rings. The number of nitrogens with one attached hydrogen (secondary N) is 1. The molecule has 0 aliphatic heterocycles. The number of carbonyl (C=O) groups is 2. The molecular weight excluding hydrogens is 436 g/mol. The molecule has 8 nitrogen and oxygen atoms in total. The number of amides is 1. The second kappa shape index (κ2) is 12.1. The van der Waals surface area contributed by atoms with Gasteiger partial charge in [-0.1, -0.05) is 19.1 Å². The predicted molar refractivity (Wildman–Crippen MR) is 128 cm³/mol. The third-order valence-electron chi connectivity index (χ3n) is 4.56. The van der Waals surface area contributed by atoms with E-state index in [4.69, 9.17) is 14.2 Å². The van der Waals surface area contributed by atoms with E-state index in [0.717, 1.165) is 6.42 Å². The zero-order chi connectivity index (χ0) is 24.3. The van der Waals surface area contributed by atoms with Crippen molar-refractivity contribution in [3.05, 3.63) is 83.4 Å². The first-order chi connectivity index (χ1) is 16.5. The van der Waals surface area contributed by atoms with Crippen LogP contribution in [0.1, 0.15) is 46.5 Å². The smallest absolute Gasteiger partial charge is 0.343 e. The molecule has 0 spiro atoms. The van der Waals surface area contributed by atoms with Crippen LogP contribution in [-0.4, -0.2) is 36.4 Å². The Kier molecular flexibility index (Phi) is 8.62. The number of hydrogen-bond acceptors (Lipinski definition) is 7. The van der Waals surface area contributed by atoms with E-state index in [1.54, 1.807) is 54.6 Å². The van der Waals surface area contributed by atoms with Crippen LogP contribution in [0.5, 0.6) is 23.0 Å². The number of carbonyl (C=O) groups excluding carboxylic acids is 2. The second-order valence-corrected chi connectivity index (χ2v) is 7.12. The van der Waals surface area contributed by atoms with Gasteiger partial charge in [0.15, 0.2) is 11.5 Å². The van der Waals surface area contributed by atoms with Gasteiger partial charge in [-0.15, -0.1) is 0 Å². The number of nitrogens with zero attached hydrogens (tertiary/aromatic N) is 1. The van der Waals surface area contributed by atoms with Gasteiger partial charge in [0.05, 0.1) is 30.6 Å². The van der Waals surface area contributed by atoms with Crippen LogP contribution in [-0.2, 0) is 0 Å². The molecule has 0 radical (unpaired) electrons. The first-order valence-electron chi connectivity index (χ1n) is 10.8. The molecule has 0 aliphatic rings. The Bertz CT molecular complexity index is 1160. The summed E-state index contributed by atoms with van der Waals surface area (Å²) in [4.78, 5) is 24.7. The molecule has 34 heavy (non-hydrogen) atoms. The van der Waals surface area contributed by atoms with Crippen molar-refractivity contribution in [2.45, 2.75) is 20.3 Å². The maximum absolute atomic E-state index is 12.6. The molecule has 0 aromatic heterocycles. The van der Waals surface area contributed by atoms with Gasteiger partial charge in [-0.25, -0.2) is 10.2 Å². The lowest BCUT2D eigenvalue weighted by molar-refractivity contribution is 0.0728. The predicted octanol–water partition coefficient (Wildman–Crippen LogP) is 4.56. The van der Waals surface area contributed by atoms with Gasteiger partial charge in [0.1, 0.15) is 11.5 Å². The lowest BCUT2D eigenvalue weighted by Crippen LogP contribution is -2.17. The van der Waals surface area contributed by atoms with Gasteiger partial charge >= 0.3 is 5.97 Å². The normalized spacial score (nSPS) is 10.6. The van der Waals surface area contributed by atoms with Crippen molar-refractivity contribution in [2.24, 2.45) is 5.10 Å². The monoisotopic (exact) mass is 462 g/mol. The summed E-state index contributed by atoms with van der Waals surface area (Å²) in [6.07, 6.45) is 2.31. The number of ether oxygens (including phenoxy) is 3. The van der Waals surface area contributed by atoms with Crippen molar-refractivity contribution in [1.29, 1.82) is 0 Å². The van der Waals surface area contributed by atoms with Crippen LogP contribution in [0.4, 0.5) is 0 Å². The van der Waals surface area contributed by atoms with E-state index in [0.29, 0.717) is 35.8 Å². The molecule has 0 saturated heterocycles. The molecule has 0 fully saturated rings. The van der Waals surface area contributed by atoms with E-state index in [1.165, 1.54) is 18.3 Å². The number of phenolic OH excluding ortho intramolecular Hbond substituents is 1. The number of benzene rings is 3. The zero-order valence-electron chi connectivity index (χ0n) is 19.0. The van der Waals surface area contributed by atoms with Gasteiger partial charge < -0.3 is 19.3 Å². The highest BCUT2D eigenvalue weighted by Gasteiger charge is 2.14. The Morgan fingerprint density at radius 2 is 1.74 bits per heavy atom. The summed E-state index contributed by atoms with van der Waals surface area (Å²) in [5.41, 5.74) is 3.46. The molecule has 0 heterocycles. The van der Waals surface area contributed by atoms with Gasteiger partial charge in [-0.3, -0.25) is 4.79 Å². The van der Waals surface area contributed by atoms with E-state index < -0.39 is 11.9 Å². The summed E-state index contributed by atoms with van der Waals surface area (Å²) in [6.45, 7) is 4.80. The van der Waals surface area contributed by atoms with Gasteiger partial charge in [0.25, 0.3) is 5.91 Å². The fraction of sp³-hybridized carbons (Fsp3) is 0.192. The van der Waals surface area contributed by atoms with Gasteiger partial charge in [0, 0.05) is 0 Å². The molecule has 0 bridgehead atoms. The van der Waals surface area contributed by atoms with Gasteiger partial charge in [-0.2, -0.15) is 5.10 Å². The quantitative estimate of drug-likeness (QED) is 0.198. The molecule has 0 saturated carbocycles. The molecule has 0 atom stereocenters. The fourth-order valence-corrected chi connectivity index (χ4v) is 2.91. The highest BCUT2D eigenvalue weighted by Crippen LogP contribution is 2.29. The number of rotatable bonds is 10. The zero-order valence-corrected chi connectivity index (χ0v) is 19.0. The molecule has 1 amide bonds. The molecule has 176 valence electrons. The van der Waals surface area contributed by atoms with Gasteiger partial charge in [-0.05, 0) is 73.5 Å². The lowest BCUT2D eigenvalue weighted by Gasteiger charge is -2.12. The molecule has 0 unspecified atom stereocenters.